The van der Waals surface area contributed by atoms with Crippen LogP contribution in [0, 0.1) is 11.3 Å². The van der Waals surface area contributed by atoms with Gasteiger partial charge in [0.15, 0.2) is 0 Å². The van der Waals surface area contributed by atoms with Crippen LogP contribution in [0.1, 0.15) is 18.9 Å². The molecule has 1 rings (SSSR count). The summed E-state index contributed by atoms with van der Waals surface area (Å²) in [6.07, 6.45) is 2.74. The van der Waals surface area contributed by atoms with Gasteiger partial charge in [0.1, 0.15) is 6.07 Å². The maximum absolute atomic E-state index is 12.0. The second-order valence-electron chi connectivity index (χ2n) is 3.99. The summed E-state index contributed by atoms with van der Waals surface area (Å²) in [5.41, 5.74) is 0.261. The highest BCUT2D eigenvalue weighted by atomic mass is 35.5. The highest BCUT2D eigenvalue weighted by Crippen LogP contribution is 2.20. The standard InChI is InChI=1S/C12H15ClN2O2S2/c1-9(18-2)5-6-15-19(16,17)11-4-3-10(8-14)12(13)7-11/h3-4,7,9,15H,5-6H2,1-2H3. The highest BCUT2D eigenvalue weighted by molar-refractivity contribution is 7.99. The number of nitrogens with zero attached hydrogens (tertiary/aromatic N) is 1. The molecule has 1 atom stereocenters. The summed E-state index contributed by atoms with van der Waals surface area (Å²) in [7, 11) is -3.56. The molecule has 0 aliphatic heterocycles. The number of thioether (sulfide) groups is 1. The fourth-order valence-corrected chi connectivity index (χ4v) is 3.07. The minimum atomic E-state index is -3.56. The molecule has 1 unspecified atom stereocenters. The summed E-state index contributed by atoms with van der Waals surface area (Å²) >= 11 is 7.51. The SMILES string of the molecule is CSC(C)CCNS(=O)(=O)c1ccc(C#N)c(Cl)c1. The predicted molar refractivity (Wildman–Crippen MR) is 78.9 cm³/mol. The van der Waals surface area contributed by atoms with Crippen molar-refractivity contribution < 1.29 is 8.42 Å². The summed E-state index contributed by atoms with van der Waals surface area (Å²) in [6, 6.07) is 5.97. The van der Waals surface area contributed by atoms with Gasteiger partial charge >= 0.3 is 0 Å². The highest BCUT2D eigenvalue weighted by Gasteiger charge is 2.15. The van der Waals surface area contributed by atoms with Crippen LogP contribution in [0.3, 0.4) is 0 Å². The molecule has 104 valence electrons. The van der Waals surface area contributed by atoms with E-state index in [0.29, 0.717) is 11.8 Å². The molecule has 0 amide bonds. The lowest BCUT2D eigenvalue weighted by Crippen LogP contribution is -2.26. The molecule has 0 heterocycles. The Morgan fingerprint density at radius 3 is 2.74 bits per heavy atom. The van der Waals surface area contributed by atoms with Gasteiger partial charge in [0.25, 0.3) is 0 Å². The molecule has 0 aromatic heterocycles. The molecule has 0 bridgehead atoms. The summed E-state index contributed by atoms with van der Waals surface area (Å²) < 4.78 is 26.5. The monoisotopic (exact) mass is 318 g/mol. The molecule has 0 saturated carbocycles. The maximum Gasteiger partial charge on any atom is 0.240 e. The maximum atomic E-state index is 12.0. The van der Waals surface area contributed by atoms with Gasteiger partial charge in [-0.25, -0.2) is 13.1 Å². The normalized spacial score (nSPS) is 12.9. The first-order valence-electron chi connectivity index (χ1n) is 5.63. The van der Waals surface area contributed by atoms with Gasteiger partial charge < -0.3 is 0 Å². The summed E-state index contributed by atoms with van der Waals surface area (Å²) in [5.74, 6) is 0. The summed E-state index contributed by atoms with van der Waals surface area (Å²) in [5, 5.41) is 9.28. The second-order valence-corrected chi connectivity index (χ2v) is 7.44. The van der Waals surface area contributed by atoms with Gasteiger partial charge in [0.2, 0.25) is 10.0 Å². The molecular weight excluding hydrogens is 304 g/mol. The Hall–Kier alpha value is -0.740. The molecule has 0 aliphatic rings. The number of nitrogens with one attached hydrogen (secondary N) is 1. The average molecular weight is 319 g/mol. The fraction of sp³-hybridized carbons (Fsp3) is 0.417. The largest absolute Gasteiger partial charge is 0.240 e. The van der Waals surface area contributed by atoms with Gasteiger partial charge in [-0.3, -0.25) is 0 Å². The van der Waals surface area contributed by atoms with Crippen LogP contribution < -0.4 is 4.72 Å². The van der Waals surface area contributed by atoms with Crippen LogP contribution in [0.2, 0.25) is 5.02 Å². The molecule has 4 nitrogen and oxygen atoms in total. The number of sulfonamides is 1. The van der Waals surface area contributed by atoms with Gasteiger partial charge in [-0.15, -0.1) is 0 Å². The Morgan fingerprint density at radius 2 is 2.21 bits per heavy atom. The van der Waals surface area contributed by atoms with Crippen molar-refractivity contribution in [3.8, 4) is 6.07 Å². The van der Waals surface area contributed by atoms with Crippen LogP contribution in [0.5, 0.6) is 0 Å². The Balaban J connectivity index is 2.78. The zero-order chi connectivity index (χ0) is 14.5. The summed E-state index contributed by atoms with van der Waals surface area (Å²) in [6.45, 7) is 2.42. The van der Waals surface area contributed by atoms with Crippen LogP contribution in [0.25, 0.3) is 0 Å². The second kappa shape index (κ2) is 7.15. The lowest BCUT2D eigenvalue weighted by atomic mass is 10.2. The zero-order valence-corrected chi connectivity index (χ0v) is 13.1. The molecule has 1 N–H and O–H groups in total. The van der Waals surface area contributed by atoms with Crippen LogP contribution in [-0.4, -0.2) is 26.5 Å². The van der Waals surface area contributed by atoms with Crippen molar-refractivity contribution in [2.75, 3.05) is 12.8 Å². The van der Waals surface area contributed by atoms with E-state index in [1.165, 1.54) is 18.2 Å². The predicted octanol–water partition coefficient (Wildman–Crippen LogP) is 2.63. The third kappa shape index (κ3) is 4.69. The number of rotatable bonds is 6. The molecular formula is C12H15ClN2O2S2. The smallest absolute Gasteiger partial charge is 0.211 e. The molecule has 0 fully saturated rings. The minimum Gasteiger partial charge on any atom is -0.211 e. The van der Waals surface area contributed by atoms with Gasteiger partial charge in [-0.1, -0.05) is 18.5 Å². The number of benzene rings is 1. The first-order valence-corrected chi connectivity index (χ1v) is 8.77. The van der Waals surface area contributed by atoms with E-state index >= 15 is 0 Å². The van der Waals surface area contributed by atoms with E-state index in [1.807, 2.05) is 19.2 Å². The van der Waals surface area contributed by atoms with Crippen molar-refractivity contribution in [1.29, 1.82) is 5.26 Å². The van der Waals surface area contributed by atoms with Crippen molar-refractivity contribution in [3.05, 3.63) is 28.8 Å². The molecule has 7 heteroatoms. The van der Waals surface area contributed by atoms with Crippen LogP contribution in [0.4, 0.5) is 0 Å². The van der Waals surface area contributed by atoms with E-state index < -0.39 is 10.0 Å². The van der Waals surface area contributed by atoms with E-state index in [9.17, 15) is 8.42 Å². The van der Waals surface area contributed by atoms with Crippen molar-refractivity contribution in [2.45, 2.75) is 23.5 Å². The molecule has 0 radical (unpaired) electrons. The van der Waals surface area contributed by atoms with Crippen LogP contribution in [-0.2, 0) is 10.0 Å². The number of nitriles is 1. The average Bonchev–Trinajstić information content (AvgIpc) is 2.38. The van der Waals surface area contributed by atoms with E-state index in [4.69, 9.17) is 16.9 Å². The first-order chi connectivity index (χ1) is 8.90. The Labute approximate surface area is 123 Å². The van der Waals surface area contributed by atoms with E-state index in [0.717, 1.165) is 6.42 Å². The Kier molecular flexibility index (Phi) is 6.14. The molecule has 0 spiro atoms. The number of halogens is 1. The molecule has 19 heavy (non-hydrogen) atoms. The minimum absolute atomic E-state index is 0.0771. The van der Waals surface area contributed by atoms with Gasteiger partial charge in [0.05, 0.1) is 15.5 Å². The van der Waals surface area contributed by atoms with E-state index in [2.05, 4.69) is 4.72 Å². The molecule has 1 aromatic rings. The number of hydrogen-bond donors (Lipinski definition) is 1. The lowest BCUT2D eigenvalue weighted by molar-refractivity contribution is 0.579. The van der Waals surface area contributed by atoms with Crippen molar-refractivity contribution >= 4 is 33.4 Å². The fourth-order valence-electron chi connectivity index (χ4n) is 1.35. The third-order valence-corrected chi connectivity index (χ3v) is 5.43. The van der Waals surface area contributed by atoms with Gasteiger partial charge in [-0.05, 0) is 30.9 Å². The first kappa shape index (κ1) is 16.3. The van der Waals surface area contributed by atoms with Crippen molar-refractivity contribution in [2.24, 2.45) is 0 Å². The molecule has 0 aliphatic carbocycles. The lowest BCUT2D eigenvalue weighted by Gasteiger charge is -2.10. The van der Waals surface area contributed by atoms with Gasteiger partial charge in [-0.2, -0.15) is 17.0 Å². The van der Waals surface area contributed by atoms with Crippen LogP contribution in [0.15, 0.2) is 23.1 Å². The van der Waals surface area contributed by atoms with Gasteiger partial charge in [0, 0.05) is 11.8 Å². The van der Waals surface area contributed by atoms with Crippen LogP contribution >= 0.6 is 23.4 Å². The topological polar surface area (TPSA) is 70.0 Å². The third-order valence-electron chi connectivity index (χ3n) is 2.62. The Bertz CT molecular complexity index is 582. The molecule has 0 saturated heterocycles. The summed E-state index contributed by atoms with van der Waals surface area (Å²) in [4.78, 5) is 0.0771. The molecule has 1 aromatic carbocycles. The van der Waals surface area contributed by atoms with E-state index in [-0.39, 0.29) is 15.5 Å². The van der Waals surface area contributed by atoms with Crippen molar-refractivity contribution in [1.82, 2.24) is 4.72 Å². The quantitative estimate of drug-likeness (QED) is 0.875. The number of hydrogen-bond acceptors (Lipinski definition) is 4. The van der Waals surface area contributed by atoms with E-state index in [1.54, 1.807) is 11.8 Å². The van der Waals surface area contributed by atoms with Crippen molar-refractivity contribution in [3.63, 3.8) is 0 Å². The Morgan fingerprint density at radius 1 is 1.53 bits per heavy atom. The zero-order valence-electron chi connectivity index (χ0n) is 10.7.